The summed E-state index contributed by atoms with van der Waals surface area (Å²) in [5, 5.41) is 7.44. The zero-order valence-corrected chi connectivity index (χ0v) is 32.7. The van der Waals surface area contributed by atoms with E-state index >= 15 is 0 Å². The lowest BCUT2D eigenvalue weighted by Gasteiger charge is -2.32. The van der Waals surface area contributed by atoms with E-state index in [1.807, 2.05) is 36.4 Å². The lowest BCUT2D eigenvalue weighted by atomic mass is 10.0. The van der Waals surface area contributed by atoms with Crippen LogP contribution >= 0.6 is 7.60 Å². The van der Waals surface area contributed by atoms with Crippen LogP contribution in [0.5, 0.6) is 0 Å². The summed E-state index contributed by atoms with van der Waals surface area (Å²) >= 11 is 0. The summed E-state index contributed by atoms with van der Waals surface area (Å²) in [6, 6.07) is 5.54. The fourth-order valence-corrected chi connectivity index (χ4v) is 10.8. The minimum absolute atomic E-state index is 0.00215. The van der Waals surface area contributed by atoms with Crippen LogP contribution in [0.15, 0.2) is 36.4 Å². The van der Waals surface area contributed by atoms with Gasteiger partial charge in [-0.2, -0.15) is 0 Å². The highest BCUT2D eigenvalue weighted by Crippen LogP contribution is 2.73. The van der Waals surface area contributed by atoms with Gasteiger partial charge >= 0.3 is 19.8 Å². The van der Waals surface area contributed by atoms with Crippen molar-refractivity contribution < 1.29 is 42.3 Å². The molecule has 0 unspecified atom stereocenters. The van der Waals surface area contributed by atoms with Crippen LogP contribution in [-0.4, -0.2) is 91.3 Å². The predicted molar refractivity (Wildman–Crippen MR) is 204 cm³/mol. The van der Waals surface area contributed by atoms with Gasteiger partial charge in [-0.3, -0.25) is 19.5 Å². The van der Waals surface area contributed by atoms with Crippen molar-refractivity contribution in [3.05, 3.63) is 36.4 Å². The summed E-state index contributed by atoms with van der Waals surface area (Å²) in [7, 11) is -3.85. The Kier molecular flexibility index (Phi) is 13.6. The van der Waals surface area contributed by atoms with E-state index in [1.54, 1.807) is 13.8 Å². The van der Waals surface area contributed by atoms with Crippen molar-refractivity contribution in [2.75, 3.05) is 43.1 Å². The smallest absolute Gasteiger partial charge is 0.412 e. The van der Waals surface area contributed by atoms with Crippen LogP contribution in [0, 0.1) is 5.92 Å². The molecule has 298 valence electrons. The molecule has 2 aliphatic carbocycles. The SMILES string of the molecule is CCOP(=O)(OCC)[C@@]12C[C@@H]1/C=C\CCCCC[C@H](NC(=O)OC1CCCC1)C(=O)N1C[C@H](OC(=O)Nc3ccccc3N3CCCCC3)C[C@H]1C(=O)N2. The average Bonchev–Trinajstić information content (AvgIpc) is 3.43. The molecule has 3 heterocycles. The number of benzene rings is 1. The number of amides is 4. The number of hydrogen-bond donors (Lipinski definition) is 3. The molecular weight excluding hydrogens is 713 g/mol. The van der Waals surface area contributed by atoms with Gasteiger partial charge < -0.3 is 39.0 Å². The van der Waals surface area contributed by atoms with Crippen LogP contribution in [0.2, 0.25) is 0 Å². The topological polar surface area (TPSA) is 165 Å². The molecule has 0 bridgehead atoms. The fraction of sp³-hybridized carbons (Fsp3) is 0.692. The normalized spacial score (nSPS) is 28.9. The van der Waals surface area contributed by atoms with Gasteiger partial charge in [0.05, 0.1) is 31.1 Å². The van der Waals surface area contributed by atoms with Crippen molar-refractivity contribution >= 4 is 43.0 Å². The standard InChI is InChI=1S/C39H58N5O9P/c1-3-50-54(49,51-4-2)39-26-28(39)17-9-6-5-7-10-21-32(41-38(48)52-29-18-11-12-19-29)36(46)44-27-30(25-34(44)35(45)42-39)53-37(47)40-31-20-13-14-22-33(31)43-23-15-8-16-24-43/h9,13-14,17,20,22,28-30,32,34H,3-8,10-12,15-16,18-19,21,23-27H2,1-2H3,(H,40,47)(H,41,48)(H,42,45)/b17-9-/t28-,30+,32-,34-,39-/m0/s1. The third-order valence-corrected chi connectivity index (χ3v) is 14.1. The van der Waals surface area contributed by atoms with Crippen molar-refractivity contribution in [2.24, 2.45) is 5.92 Å². The molecule has 15 heteroatoms. The second kappa shape index (κ2) is 18.3. The average molecular weight is 772 g/mol. The molecule has 0 spiro atoms. The van der Waals surface area contributed by atoms with E-state index in [0.717, 1.165) is 76.6 Å². The Bertz CT molecular complexity index is 1550. The highest BCUT2D eigenvalue weighted by Gasteiger charge is 2.68. The summed E-state index contributed by atoms with van der Waals surface area (Å²) in [6.07, 6.45) is 12.3. The maximum Gasteiger partial charge on any atom is 0.412 e. The van der Waals surface area contributed by atoms with Gasteiger partial charge in [0.25, 0.3) is 0 Å². The third kappa shape index (κ3) is 9.42. The molecule has 4 amide bonds. The molecule has 3 N–H and O–H groups in total. The number of fused-ring (bicyclic) bond motifs is 2. The molecule has 14 nitrogen and oxygen atoms in total. The maximum absolute atomic E-state index is 14.5. The van der Waals surface area contributed by atoms with Crippen molar-refractivity contribution in [3.63, 3.8) is 0 Å². The minimum atomic E-state index is -3.85. The molecule has 1 aromatic rings. The Labute approximate surface area is 318 Å². The molecule has 2 saturated carbocycles. The van der Waals surface area contributed by atoms with Crippen molar-refractivity contribution in [1.82, 2.24) is 15.5 Å². The molecule has 4 fully saturated rings. The highest BCUT2D eigenvalue weighted by atomic mass is 31.2. The lowest BCUT2D eigenvalue weighted by Crippen LogP contribution is -2.55. The second-order valence-corrected chi connectivity index (χ2v) is 17.4. The Balaban J connectivity index is 1.25. The van der Waals surface area contributed by atoms with Gasteiger partial charge in [-0.1, -0.05) is 37.1 Å². The summed E-state index contributed by atoms with van der Waals surface area (Å²) in [5.74, 6) is -1.31. The van der Waals surface area contributed by atoms with Gasteiger partial charge in [0.1, 0.15) is 29.6 Å². The number of nitrogens with zero attached hydrogens (tertiary/aromatic N) is 2. The number of allylic oxidation sites excluding steroid dienone is 1. The first-order chi connectivity index (χ1) is 26.2. The highest BCUT2D eigenvalue weighted by molar-refractivity contribution is 7.56. The number of ether oxygens (including phenoxy) is 2. The van der Waals surface area contributed by atoms with E-state index in [9.17, 15) is 23.7 Å². The number of hydrogen-bond acceptors (Lipinski definition) is 10. The molecule has 54 heavy (non-hydrogen) atoms. The summed E-state index contributed by atoms with van der Waals surface area (Å²) in [4.78, 5) is 59.2. The molecule has 0 radical (unpaired) electrons. The van der Waals surface area contributed by atoms with E-state index in [2.05, 4.69) is 20.9 Å². The van der Waals surface area contributed by atoms with Crippen LogP contribution in [-0.2, 0) is 32.7 Å². The lowest BCUT2D eigenvalue weighted by molar-refractivity contribution is -0.140. The number of anilines is 2. The minimum Gasteiger partial charge on any atom is -0.446 e. The number of carbonyl (C=O) groups is 4. The quantitative estimate of drug-likeness (QED) is 0.169. The second-order valence-electron chi connectivity index (χ2n) is 15.1. The zero-order valence-electron chi connectivity index (χ0n) is 31.8. The van der Waals surface area contributed by atoms with Crippen LogP contribution in [0.1, 0.15) is 104 Å². The molecule has 3 aliphatic heterocycles. The van der Waals surface area contributed by atoms with Crippen molar-refractivity contribution in [2.45, 2.75) is 133 Å². The van der Waals surface area contributed by atoms with Crippen molar-refractivity contribution in [3.8, 4) is 0 Å². The number of carbonyl (C=O) groups excluding carboxylic acids is 4. The van der Waals surface area contributed by atoms with Gasteiger partial charge in [0, 0.05) is 25.4 Å². The summed E-state index contributed by atoms with van der Waals surface area (Å²) in [6.45, 7) is 5.41. The van der Waals surface area contributed by atoms with E-state index < -0.39 is 55.1 Å². The number of alkyl carbamates (subject to hydrolysis) is 1. The number of piperidine rings is 1. The molecule has 6 rings (SSSR count). The molecular formula is C39H58N5O9P. The van der Waals surface area contributed by atoms with Gasteiger partial charge in [-0.05, 0) is 96.6 Å². The number of para-hydroxylation sites is 2. The summed E-state index contributed by atoms with van der Waals surface area (Å²) in [5.41, 5.74) is 1.53. The first-order valence-corrected chi connectivity index (χ1v) is 21.7. The maximum atomic E-state index is 14.5. The van der Waals surface area contributed by atoms with E-state index in [4.69, 9.17) is 18.5 Å². The molecule has 5 atom stereocenters. The first kappa shape index (κ1) is 40.1. The fourth-order valence-electron chi connectivity index (χ4n) is 8.43. The van der Waals surface area contributed by atoms with E-state index in [0.29, 0.717) is 24.9 Å². The Morgan fingerprint density at radius 2 is 1.57 bits per heavy atom. The summed E-state index contributed by atoms with van der Waals surface area (Å²) < 4.78 is 37.5. The molecule has 5 aliphatic rings. The van der Waals surface area contributed by atoms with Gasteiger partial charge in [-0.15, -0.1) is 0 Å². The predicted octanol–water partition coefficient (Wildman–Crippen LogP) is 6.85. The molecule has 1 aromatic carbocycles. The first-order valence-electron chi connectivity index (χ1n) is 20.1. The number of rotatable bonds is 10. The Hall–Kier alpha value is -3.61. The van der Waals surface area contributed by atoms with Gasteiger partial charge in [-0.25, -0.2) is 9.59 Å². The van der Waals surface area contributed by atoms with E-state index in [1.165, 1.54) is 11.3 Å². The van der Waals surface area contributed by atoms with Gasteiger partial charge in [0.15, 0.2) is 0 Å². The van der Waals surface area contributed by atoms with Crippen LogP contribution in [0.3, 0.4) is 0 Å². The third-order valence-electron chi connectivity index (χ3n) is 11.3. The van der Waals surface area contributed by atoms with Crippen LogP contribution in [0.25, 0.3) is 0 Å². The largest absolute Gasteiger partial charge is 0.446 e. The van der Waals surface area contributed by atoms with Gasteiger partial charge in [0.2, 0.25) is 11.8 Å². The molecule has 2 saturated heterocycles. The Morgan fingerprint density at radius 3 is 2.31 bits per heavy atom. The van der Waals surface area contributed by atoms with E-state index in [-0.39, 0.29) is 38.2 Å². The number of nitrogens with one attached hydrogen (secondary N) is 3. The monoisotopic (exact) mass is 771 g/mol. The van der Waals surface area contributed by atoms with Crippen LogP contribution in [0.4, 0.5) is 21.0 Å². The molecule has 0 aromatic heterocycles. The Morgan fingerprint density at radius 1 is 0.889 bits per heavy atom. The van der Waals surface area contributed by atoms with Crippen molar-refractivity contribution in [1.29, 1.82) is 0 Å². The van der Waals surface area contributed by atoms with Crippen LogP contribution < -0.4 is 20.9 Å². The zero-order chi connectivity index (χ0) is 38.1.